The Labute approximate surface area is 177 Å². The highest BCUT2D eigenvalue weighted by Gasteiger charge is 2.42. The van der Waals surface area contributed by atoms with E-state index < -0.39 is 6.36 Å². The van der Waals surface area contributed by atoms with Crippen LogP contribution in [0.1, 0.15) is 23.5 Å². The highest BCUT2D eigenvalue weighted by atomic mass is 127. The Kier molecular flexibility index (Phi) is 7.50. The molecule has 0 bridgehead atoms. The molecule has 0 spiro atoms. The van der Waals surface area contributed by atoms with Gasteiger partial charge in [0.05, 0.1) is 0 Å². The van der Waals surface area contributed by atoms with Crippen molar-refractivity contribution in [2.45, 2.75) is 31.3 Å². The maximum Gasteiger partial charge on any atom is 0.573 e. The topological polar surface area (TPSA) is 45.7 Å². The molecule has 2 N–H and O–H groups in total. The average Bonchev–Trinajstić information content (AvgIpc) is 3.36. The third kappa shape index (κ3) is 6.25. The number of aliphatic imine (C=N–C) groups is 1. The summed E-state index contributed by atoms with van der Waals surface area (Å²) < 4.78 is 55.0. The van der Waals surface area contributed by atoms with E-state index in [9.17, 15) is 17.6 Å². The van der Waals surface area contributed by atoms with E-state index in [0.717, 1.165) is 5.56 Å². The molecule has 3 rings (SSSR count). The predicted octanol–water partition coefficient (Wildman–Crippen LogP) is 4.56. The van der Waals surface area contributed by atoms with Gasteiger partial charge in [-0.15, -0.1) is 37.1 Å². The first-order chi connectivity index (χ1) is 12.9. The average molecular weight is 509 g/mol. The van der Waals surface area contributed by atoms with Crippen molar-refractivity contribution in [3.8, 4) is 5.75 Å². The molecule has 1 aliphatic rings. The lowest BCUT2D eigenvalue weighted by atomic mass is 10.1. The van der Waals surface area contributed by atoms with Crippen LogP contribution < -0.4 is 15.4 Å². The first kappa shape index (κ1) is 22.3. The fraction of sp³-hybridized carbons (Fsp3) is 0.316. The minimum Gasteiger partial charge on any atom is -0.405 e. The van der Waals surface area contributed by atoms with Gasteiger partial charge in [-0.3, -0.25) is 4.99 Å². The maximum atomic E-state index is 13.2. The molecule has 28 heavy (non-hydrogen) atoms. The summed E-state index contributed by atoms with van der Waals surface area (Å²) in [5, 5.41) is 6.24. The van der Waals surface area contributed by atoms with E-state index in [2.05, 4.69) is 20.4 Å². The molecule has 1 saturated carbocycles. The fourth-order valence-electron chi connectivity index (χ4n) is 2.91. The first-order valence-corrected chi connectivity index (χ1v) is 8.42. The number of benzene rings is 2. The summed E-state index contributed by atoms with van der Waals surface area (Å²) in [4.78, 5) is 4.11. The van der Waals surface area contributed by atoms with Crippen molar-refractivity contribution in [2.75, 3.05) is 7.05 Å². The Morgan fingerprint density at radius 3 is 2.61 bits per heavy atom. The predicted molar refractivity (Wildman–Crippen MR) is 109 cm³/mol. The molecule has 2 aromatic rings. The minimum absolute atomic E-state index is 0. The van der Waals surface area contributed by atoms with Crippen LogP contribution in [0, 0.1) is 5.82 Å². The zero-order chi connectivity index (χ0) is 19.4. The highest BCUT2D eigenvalue weighted by molar-refractivity contribution is 14.0. The monoisotopic (exact) mass is 509 g/mol. The van der Waals surface area contributed by atoms with Crippen LogP contribution in [0.25, 0.3) is 0 Å². The summed E-state index contributed by atoms with van der Waals surface area (Å²) in [7, 11) is 1.60. The van der Waals surface area contributed by atoms with Crippen molar-refractivity contribution in [3.63, 3.8) is 0 Å². The van der Waals surface area contributed by atoms with Crippen molar-refractivity contribution in [1.82, 2.24) is 10.6 Å². The molecule has 1 aliphatic carbocycles. The largest absolute Gasteiger partial charge is 0.573 e. The smallest absolute Gasteiger partial charge is 0.405 e. The van der Waals surface area contributed by atoms with Crippen LogP contribution in [-0.4, -0.2) is 25.4 Å². The molecule has 2 aromatic carbocycles. The molecule has 0 aromatic heterocycles. The number of halogens is 5. The molecule has 2 atom stereocenters. The summed E-state index contributed by atoms with van der Waals surface area (Å²) in [6.45, 7) is 0.378. The molecule has 152 valence electrons. The van der Waals surface area contributed by atoms with Crippen LogP contribution in [0.2, 0.25) is 0 Å². The first-order valence-electron chi connectivity index (χ1n) is 8.42. The highest BCUT2D eigenvalue weighted by Crippen LogP contribution is 2.45. The van der Waals surface area contributed by atoms with Crippen LogP contribution in [-0.2, 0) is 6.54 Å². The molecule has 0 radical (unpaired) electrons. The van der Waals surface area contributed by atoms with E-state index in [1.54, 1.807) is 31.3 Å². The molecule has 0 saturated heterocycles. The van der Waals surface area contributed by atoms with Gasteiger partial charge in [-0.1, -0.05) is 30.3 Å². The van der Waals surface area contributed by atoms with Gasteiger partial charge < -0.3 is 15.4 Å². The van der Waals surface area contributed by atoms with Crippen molar-refractivity contribution >= 4 is 29.9 Å². The molecule has 0 amide bonds. The Morgan fingerprint density at radius 2 is 1.93 bits per heavy atom. The number of rotatable bonds is 5. The van der Waals surface area contributed by atoms with Gasteiger partial charge in [-0.25, -0.2) is 4.39 Å². The van der Waals surface area contributed by atoms with Crippen LogP contribution in [0.5, 0.6) is 5.75 Å². The van der Waals surface area contributed by atoms with Crippen molar-refractivity contribution in [3.05, 3.63) is 65.5 Å². The molecule has 0 heterocycles. The Bertz CT molecular complexity index is 829. The van der Waals surface area contributed by atoms with Crippen molar-refractivity contribution in [1.29, 1.82) is 0 Å². The standard InChI is InChI=1S/C19H19F4N3O.HI/c1-24-18(25-11-12-5-4-6-13(20)9-12)26-16-10-15(16)14-7-2-3-8-17(14)27-19(21,22)23;/h2-9,15-16H,10-11H2,1H3,(H2,24,25,26);1H. The summed E-state index contributed by atoms with van der Waals surface area (Å²) >= 11 is 0. The summed E-state index contributed by atoms with van der Waals surface area (Å²) in [5.41, 5.74) is 1.27. The van der Waals surface area contributed by atoms with Gasteiger partial charge in [-0.05, 0) is 35.7 Å². The second kappa shape index (κ2) is 9.44. The molecule has 4 nitrogen and oxygen atoms in total. The van der Waals surface area contributed by atoms with Crippen LogP contribution in [0.3, 0.4) is 0 Å². The van der Waals surface area contributed by atoms with Crippen LogP contribution in [0.4, 0.5) is 17.6 Å². The quantitative estimate of drug-likeness (QED) is 0.269. The van der Waals surface area contributed by atoms with Crippen LogP contribution >= 0.6 is 24.0 Å². The number of alkyl halides is 3. The van der Waals surface area contributed by atoms with E-state index in [1.807, 2.05) is 0 Å². The summed E-state index contributed by atoms with van der Waals surface area (Å²) in [5.74, 6) is -0.0972. The van der Waals surface area contributed by atoms with E-state index in [1.165, 1.54) is 24.3 Å². The van der Waals surface area contributed by atoms with Gasteiger partial charge in [0.15, 0.2) is 5.96 Å². The Morgan fingerprint density at radius 1 is 1.18 bits per heavy atom. The third-order valence-corrected chi connectivity index (χ3v) is 4.23. The number of ether oxygens (including phenoxy) is 1. The van der Waals surface area contributed by atoms with Gasteiger partial charge in [0.25, 0.3) is 0 Å². The number of guanidine groups is 1. The van der Waals surface area contributed by atoms with Crippen LogP contribution in [0.15, 0.2) is 53.5 Å². The Balaban J connectivity index is 0.00000280. The zero-order valence-electron chi connectivity index (χ0n) is 15.0. The number of nitrogens with zero attached hydrogens (tertiary/aromatic N) is 1. The lowest BCUT2D eigenvalue weighted by molar-refractivity contribution is -0.274. The SMILES string of the molecule is CN=C(NCc1cccc(F)c1)NC1CC1c1ccccc1OC(F)(F)F.I. The lowest BCUT2D eigenvalue weighted by Gasteiger charge is -2.14. The summed E-state index contributed by atoms with van der Waals surface area (Å²) in [6, 6.07) is 12.3. The zero-order valence-corrected chi connectivity index (χ0v) is 17.3. The molecular weight excluding hydrogens is 489 g/mol. The number of hydrogen-bond donors (Lipinski definition) is 2. The molecular formula is C19H20F4IN3O. The molecule has 1 fully saturated rings. The van der Waals surface area contributed by atoms with Gasteiger partial charge in [0.1, 0.15) is 11.6 Å². The second-order valence-corrected chi connectivity index (χ2v) is 6.23. The molecule has 0 aliphatic heterocycles. The number of para-hydroxylation sites is 1. The van der Waals surface area contributed by atoms with E-state index >= 15 is 0 Å². The van der Waals surface area contributed by atoms with Crippen molar-refractivity contribution in [2.24, 2.45) is 4.99 Å². The van der Waals surface area contributed by atoms with Gasteiger partial charge in [0.2, 0.25) is 0 Å². The molecule has 9 heteroatoms. The maximum absolute atomic E-state index is 13.2. The Hall–Kier alpha value is -2.04. The summed E-state index contributed by atoms with van der Waals surface area (Å²) in [6.07, 6.45) is -4.06. The third-order valence-electron chi connectivity index (χ3n) is 4.23. The van der Waals surface area contributed by atoms with Crippen molar-refractivity contribution < 1.29 is 22.3 Å². The number of hydrogen-bond acceptors (Lipinski definition) is 2. The van der Waals surface area contributed by atoms with Gasteiger partial charge in [-0.2, -0.15) is 0 Å². The lowest BCUT2D eigenvalue weighted by Crippen LogP contribution is -2.38. The van der Waals surface area contributed by atoms with Gasteiger partial charge in [0, 0.05) is 25.6 Å². The number of nitrogens with one attached hydrogen (secondary N) is 2. The van der Waals surface area contributed by atoms with E-state index in [0.29, 0.717) is 24.5 Å². The second-order valence-electron chi connectivity index (χ2n) is 6.23. The van der Waals surface area contributed by atoms with E-state index in [-0.39, 0.29) is 47.5 Å². The molecule has 2 unspecified atom stereocenters. The minimum atomic E-state index is -4.73. The normalized spacial score (nSPS) is 18.8. The van der Waals surface area contributed by atoms with Gasteiger partial charge >= 0.3 is 6.36 Å². The fourth-order valence-corrected chi connectivity index (χ4v) is 2.91. The van der Waals surface area contributed by atoms with E-state index in [4.69, 9.17) is 0 Å².